The van der Waals surface area contributed by atoms with Gasteiger partial charge in [-0.25, -0.2) is 0 Å². The average Bonchev–Trinajstić information content (AvgIpc) is 2.39. The molecule has 2 aromatic rings. The van der Waals surface area contributed by atoms with Gasteiger partial charge in [0.1, 0.15) is 0 Å². The zero-order valence-corrected chi connectivity index (χ0v) is 10.6. The molecule has 0 atom stereocenters. The van der Waals surface area contributed by atoms with Gasteiger partial charge in [0.2, 0.25) is 0 Å². The van der Waals surface area contributed by atoms with Crippen molar-refractivity contribution in [3.05, 3.63) is 54.1 Å². The summed E-state index contributed by atoms with van der Waals surface area (Å²) in [4.78, 5) is 10.8. The first-order chi connectivity index (χ1) is 8.74. The van der Waals surface area contributed by atoms with Crippen LogP contribution in [0.15, 0.2) is 42.7 Å². The van der Waals surface area contributed by atoms with Gasteiger partial charge in [0.25, 0.3) is 0 Å². The van der Waals surface area contributed by atoms with Gasteiger partial charge < -0.3 is 10.6 Å². The Bertz CT molecular complexity index is 467. The first-order valence-corrected chi connectivity index (χ1v) is 6.03. The molecule has 0 aliphatic carbocycles. The summed E-state index contributed by atoms with van der Waals surface area (Å²) in [5.74, 6) is 0. The van der Waals surface area contributed by atoms with Gasteiger partial charge in [0.15, 0.2) is 0 Å². The Balaban J connectivity index is 1.81. The van der Waals surface area contributed by atoms with Crippen LogP contribution in [0.2, 0.25) is 0 Å². The molecule has 2 rings (SSSR count). The van der Waals surface area contributed by atoms with Crippen LogP contribution in [0.3, 0.4) is 0 Å². The van der Waals surface area contributed by atoms with Crippen LogP contribution in [0.4, 0.5) is 5.69 Å². The molecule has 4 heteroatoms. The van der Waals surface area contributed by atoms with Crippen LogP contribution in [0.25, 0.3) is 0 Å². The number of likely N-dealkylation sites (N-methyl/N-ethyl adjacent to an activating group) is 1. The standard InChI is InChI=1S/C14H18N4/c1-18(11-14-4-2-3-8-16-14)9-7-13-6-5-12(15)10-17-13/h2-6,8,10H,7,9,11,15H2,1H3. The quantitative estimate of drug-likeness (QED) is 0.867. The van der Waals surface area contributed by atoms with E-state index in [-0.39, 0.29) is 0 Å². The summed E-state index contributed by atoms with van der Waals surface area (Å²) in [7, 11) is 2.09. The highest BCUT2D eigenvalue weighted by atomic mass is 15.1. The maximum absolute atomic E-state index is 5.60. The minimum atomic E-state index is 0.709. The van der Waals surface area contributed by atoms with E-state index in [1.165, 1.54) is 0 Å². The molecule has 94 valence electrons. The SMILES string of the molecule is CN(CCc1ccc(N)cn1)Cc1ccccn1. The highest BCUT2D eigenvalue weighted by Gasteiger charge is 2.02. The molecule has 0 unspecified atom stereocenters. The molecule has 0 radical (unpaired) electrons. The maximum Gasteiger partial charge on any atom is 0.0543 e. The summed E-state index contributed by atoms with van der Waals surface area (Å²) in [5.41, 5.74) is 8.47. The van der Waals surface area contributed by atoms with Gasteiger partial charge in [-0.1, -0.05) is 6.07 Å². The highest BCUT2D eigenvalue weighted by molar-refractivity contribution is 5.34. The summed E-state index contributed by atoms with van der Waals surface area (Å²) >= 11 is 0. The van der Waals surface area contributed by atoms with Crippen molar-refractivity contribution in [3.63, 3.8) is 0 Å². The molecule has 0 aliphatic rings. The summed E-state index contributed by atoms with van der Waals surface area (Å²) in [6.45, 7) is 1.81. The van der Waals surface area contributed by atoms with Crippen LogP contribution in [0.1, 0.15) is 11.4 Å². The Morgan fingerprint density at radius 3 is 2.67 bits per heavy atom. The number of rotatable bonds is 5. The number of nitrogens with two attached hydrogens (primary N) is 1. The Labute approximate surface area is 107 Å². The number of pyridine rings is 2. The van der Waals surface area contributed by atoms with Crippen LogP contribution in [0, 0.1) is 0 Å². The molecule has 2 N–H and O–H groups in total. The second kappa shape index (κ2) is 6.12. The minimum absolute atomic E-state index is 0.709. The molecular formula is C14H18N4. The fourth-order valence-electron chi connectivity index (χ4n) is 1.74. The molecule has 18 heavy (non-hydrogen) atoms. The van der Waals surface area contributed by atoms with Crippen molar-refractivity contribution >= 4 is 5.69 Å². The number of hydrogen-bond donors (Lipinski definition) is 1. The van der Waals surface area contributed by atoms with Crippen molar-refractivity contribution in [1.82, 2.24) is 14.9 Å². The molecular weight excluding hydrogens is 224 g/mol. The van der Waals surface area contributed by atoms with E-state index in [2.05, 4.69) is 21.9 Å². The predicted octanol–water partition coefficient (Wildman–Crippen LogP) is 1.73. The van der Waals surface area contributed by atoms with E-state index < -0.39 is 0 Å². The van der Waals surface area contributed by atoms with E-state index >= 15 is 0 Å². The normalized spacial score (nSPS) is 10.8. The van der Waals surface area contributed by atoms with Crippen LogP contribution < -0.4 is 5.73 Å². The van der Waals surface area contributed by atoms with E-state index in [4.69, 9.17) is 5.73 Å². The maximum atomic E-state index is 5.60. The van der Waals surface area contributed by atoms with Crippen molar-refractivity contribution < 1.29 is 0 Å². The topological polar surface area (TPSA) is 55.0 Å². The van der Waals surface area contributed by atoms with E-state index in [0.29, 0.717) is 5.69 Å². The smallest absolute Gasteiger partial charge is 0.0543 e. The van der Waals surface area contributed by atoms with Crippen LogP contribution in [0.5, 0.6) is 0 Å². The number of nitrogens with zero attached hydrogens (tertiary/aromatic N) is 3. The number of anilines is 1. The lowest BCUT2D eigenvalue weighted by atomic mass is 10.2. The third-order valence-electron chi connectivity index (χ3n) is 2.76. The van der Waals surface area contributed by atoms with Crippen LogP contribution >= 0.6 is 0 Å². The Morgan fingerprint density at radius 2 is 2.00 bits per heavy atom. The Kier molecular flexibility index (Phi) is 4.25. The van der Waals surface area contributed by atoms with E-state index in [1.54, 1.807) is 6.20 Å². The number of nitrogen functional groups attached to an aromatic ring is 1. The lowest BCUT2D eigenvalue weighted by molar-refractivity contribution is 0.326. The lowest BCUT2D eigenvalue weighted by Gasteiger charge is -2.15. The summed E-state index contributed by atoms with van der Waals surface area (Å²) in [6, 6.07) is 9.85. The summed E-state index contributed by atoms with van der Waals surface area (Å²) in [5, 5.41) is 0. The lowest BCUT2D eigenvalue weighted by Crippen LogP contribution is -2.21. The largest absolute Gasteiger partial charge is 0.397 e. The van der Waals surface area contributed by atoms with Crippen LogP contribution in [-0.2, 0) is 13.0 Å². The fraction of sp³-hybridized carbons (Fsp3) is 0.286. The van der Waals surface area contributed by atoms with Gasteiger partial charge in [-0.2, -0.15) is 0 Å². The van der Waals surface area contributed by atoms with Crippen molar-refractivity contribution in [2.24, 2.45) is 0 Å². The minimum Gasteiger partial charge on any atom is -0.397 e. The monoisotopic (exact) mass is 242 g/mol. The Hall–Kier alpha value is -1.94. The zero-order chi connectivity index (χ0) is 12.8. The van der Waals surface area contributed by atoms with Gasteiger partial charge in [0.05, 0.1) is 17.6 Å². The zero-order valence-electron chi connectivity index (χ0n) is 10.6. The van der Waals surface area contributed by atoms with Crippen molar-refractivity contribution in [2.45, 2.75) is 13.0 Å². The number of aromatic nitrogens is 2. The third-order valence-corrected chi connectivity index (χ3v) is 2.76. The molecule has 2 aromatic heterocycles. The van der Waals surface area contributed by atoms with Crippen LogP contribution in [-0.4, -0.2) is 28.5 Å². The van der Waals surface area contributed by atoms with E-state index in [0.717, 1.165) is 30.9 Å². The van der Waals surface area contributed by atoms with Crippen molar-refractivity contribution in [2.75, 3.05) is 19.3 Å². The first kappa shape index (κ1) is 12.5. The highest BCUT2D eigenvalue weighted by Crippen LogP contribution is 2.04. The molecule has 4 nitrogen and oxygen atoms in total. The molecule has 2 heterocycles. The second-order valence-corrected chi connectivity index (χ2v) is 4.39. The molecule has 0 saturated carbocycles. The first-order valence-electron chi connectivity index (χ1n) is 6.03. The molecule has 0 amide bonds. The average molecular weight is 242 g/mol. The van der Waals surface area contributed by atoms with Gasteiger partial charge >= 0.3 is 0 Å². The molecule has 0 bridgehead atoms. The van der Waals surface area contributed by atoms with Gasteiger partial charge in [-0.15, -0.1) is 0 Å². The molecule has 0 aliphatic heterocycles. The van der Waals surface area contributed by atoms with Crippen molar-refractivity contribution in [3.8, 4) is 0 Å². The van der Waals surface area contributed by atoms with Crippen molar-refractivity contribution in [1.29, 1.82) is 0 Å². The van der Waals surface area contributed by atoms with Gasteiger partial charge in [0, 0.05) is 31.4 Å². The molecule has 0 saturated heterocycles. The molecule has 0 aromatic carbocycles. The third kappa shape index (κ3) is 3.82. The van der Waals surface area contributed by atoms with E-state index in [1.807, 2.05) is 36.5 Å². The molecule has 0 fully saturated rings. The predicted molar refractivity (Wildman–Crippen MR) is 72.9 cm³/mol. The summed E-state index contributed by atoms with van der Waals surface area (Å²) < 4.78 is 0. The van der Waals surface area contributed by atoms with Gasteiger partial charge in [-0.3, -0.25) is 9.97 Å². The fourth-order valence-corrected chi connectivity index (χ4v) is 1.74. The van der Waals surface area contributed by atoms with E-state index in [9.17, 15) is 0 Å². The second-order valence-electron chi connectivity index (χ2n) is 4.39. The molecule has 0 spiro atoms. The van der Waals surface area contributed by atoms with Gasteiger partial charge in [-0.05, 0) is 31.3 Å². The summed E-state index contributed by atoms with van der Waals surface area (Å²) in [6.07, 6.45) is 4.45. The number of hydrogen-bond acceptors (Lipinski definition) is 4. The Morgan fingerprint density at radius 1 is 1.11 bits per heavy atom.